The van der Waals surface area contributed by atoms with Crippen molar-refractivity contribution in [2.24, 2.45) is 0 Å². The highest BCUT2D eigenvalue weighted by atomic mass is 14.3. The third kappa shape index (κ3) is 1.77. The summed E-state index contributed by atoms with van der Waals surface area (Å²) in [6.07, 6.45) is 5.05. The lowest BCUT2D eigenvalue weighted by molar-refractivity contribution is 1.00. The molecule has 0 spiro atoms. The molecule has 0 aromatic heterocycles. The first-order valence-corrected chi connectivity index (χ1v) is 5.39. The van der Waals surface area contributed by atoms with Crippen molar-refractivity contribution in [3.05, 3.63) is 34.9 Å². The third-order valence-corrected chi connectivity index (χ3v) is 2.87. The number of rotatable bonds is 3. The Kier molecular flexibility index (Phi) is 2.39. The van der Waals surface area contributed by atoms with Crippen LogP contribution < -0.4 is 0 Å². The van der Waals surface area contributed by atoms with Gasteiger partial charge >= 0.3 is 0 Å². The van der Waals surface area contributed by atoms with Crippen molar-refractivity contribution in [2.75, 3.05) is 0 Å². The summed E-state index contributed by atoms with van der Waals surface area (Å²) in [5, 5.41) is 0. The van der Waals surface area contributed by atoms with Gasteiger partial charge in [0.25, 0.3) is 0 Å². The predicted molar refractivity (Wildman–Crippen MR) is 56.0 cm³/mol. The second-order valence-corrected chi connectivity index (χ2v) is 3.90. The molecule has 1 aromatic carbocycles. The van der Waals surface area contributed by atoms with Gasteiger partial charge < -0.3 is 0 Å². The van der Waals surface area contributed by atoms with E-state index in [4.69, 9.17) is 0 Å². The Hall–Kier alpha value is -0.780. The maximum Gasteiger partial charge on any atom is -0.0109 e. The van der Waals surface area contributed by atoms with Crippen LogP contribution in [0.15, 0.2) is 12.1 Å². The normalized spacial score (nSPS) is 16.2. The Morgan fingerprint density at radius 3 is 2.54 bits per heavy atom. The molecule has 0 nitrogen and oxygen atoms in total. The van der Waals surface area contributed by atoms with Gasteiger partial charge in [-0.3, -0.25) is 0 Å². The van der Waals surface area contributed by atoms with Crippen LogP contribution >= 0.6 is 0 Å². The average Bonchev–Trinajstić information content (AvgIpc) is 3.00. The first-order valence-electron chi connectivity index (χ1n) is 5.39. The Morgan fingerprint density at radius 2 is 2.00 bits per heavy atom. The van der Waals surface area contributed by atoms with E-state index >= 15 is 0 Å². The molecule has 1 fully saturated rings. The van der Waals surface area contributed by atoms with Crippen LogP contribution in [-0.2, 0) is 12.8 Å². The minimum Gasteiger partial charge on any atom is -0.0613 e. The predicted octanol–water partition coefficient (Wildman–Crippen LogP) is 3.49. The first-order chi connectivity index (χ1) is 6.35. The first kappa shape index (κ1) is 8.80. The maximum atomic E-state index is 3.58. The van der Waals surface area contributed by atoms with Gasteiger partial charge in [-0.15, -0.1) is 0 Å². The van der Waals surface area contributed by atoms with Gasteiger partial charge in [-0.05, 0) is 54.4 Å². The summed E-state index contributed by atoms with van der Waals surface area (Å²) in [6.45, 7) is 4.44. The molecule has 69 valence electrons. The van der Waals surface area contributed by atoms with Crippen molar-refractivity contribution in [2.45, 2.75) is 45.4 Å². The summed E-state index contributed by atoms with van der Waals surface area (Å²) >= 11 is 0. The van der Waals surface area contributed by atoms with Gasteiger partial charge in [0, 0.05) is 0 Å². The smallest absolute Gasteiger partial charge is 0.0109 e. The van der Waals surface area contributed by atoms with Gasteiger partial charge in [0.2, 0.25) is 0 Å². The van der Waals surface area contributed by atoms with Crippen LogP contribution in [-0.4, -0.2) is 0 Å². The molecule has 0 bridgehead atoms. The Labute approximate surface area is 81.0 Å². The molecule has 0 N–H and O–H groups in total. The van der Waals surface area contributed by atoms with Gasteiger partial charge in [-0.1, -0.05) is 26.0 Å². The lowest BCUT2D eigenvalue weighted by atomic mass is 9.98. The molecule has 1 saturated carbocycles. The van der Waals surface area contributed by atoms with Gasteiger partial charge in [-0.2, -0.15) is 0 Å². The van der Waals surface area contributed by atoms with Crippen molar-refractivity contribution in [3.8, 4) is 0 Å². The van der Waals surface area contributed by atoms with Gasteiger partial charge in [-0.25, -0.2) is 0 Å². The molecule has 0 aliphatic heterocycles. The molecule has 0 amide bonds. The molecule has 0 unspecified atom stereocenters. The fourth-order valence-corrected chi connectivity index (χ4v) is 1.84. The molecular formula is C13H17. The number of aryl methyl sites for hydroxylation is 2. The molecule has 0 saturated heterocycles. The number of hydrogen-bond acceptors (Lipinski definition) is 0. The number of hydrogen-bond donors (Lipinski definition) is 0. The summed E-state index contributed by atoms with van der Waals surface area (Å²) in [5.74, 6) is 0.849. The Bertz CT molecular complexity index is 295. The second kappa shape index (κ2) is 3.53. The highest BCUT2D eigenvalue weighted by Crippen LogP contribution is 2.41. The van der Waals surface area contributed by atoms with E-state index in [0.717, 1.165) is 18.8 Å². The van der Waals surface area contributed by atoms with Crippen molar-refractivity contribution in [1.29, 1.82) is 0 Å². The van der Waals surface area contributed by atoms with Gasteiger partial charge in [0.1, 0.15) is 0 Å². The van der Waals surface area contributed by atoms with Crippen molar-refractivity contribution >= 4 is 0 Å². The van der Waals surface area contributed by atoms with E-state index in [9.17, 15) is 0 Å². The van der Waals surface area contributed by atoms with Crippen LogP contribution in [0.25, 0.3) is 0 Å². The molecule has 1 aromatic rings. The fraction of sp³-hybridized carbons (Fsp3) is 0.538. The van der Waals surface area contributed by atoms with E-state index < -0.39 is 0 Å². The summed E-state index contributed by atoms with van der Waals surface area (Å²) in [5.41, 5.74) is 4.40. The van der Waals surface area contributed by atoms with Crippen molar-refractivity contribution in [1.82, 2.24) is 0 Å². The number of benzene rings is 1. The standard InChI is InChI=1S/C13H17/c1-3-10-5-6-11(4-2)13(9-10)12-7-8-12/h5-6,12H,3-4,7-8H2,1-2H3. The van der Waals surface area contributed by atoms with Gasteiger partial charge in [0.05, 0.1) is 0 Å². The van der Waals surface area contributed by atoms with Crippen molar-refractivity contribution in [3.63, 3.8) is 0 Å². The molecule has 0 heterocycles. The highest BCUT2D eigenvalue weighted by Gasteiger charge is 2.25. The van der Waals surface area contributed by atoms with E-state index in [2.05, 4.69) is 32.0 Å². The minimum absolute atomic E-state index is 0.849. The van der Waals surface area contributed by atoms with E-state index in [1.54, 1.807) is 0 Å². The zero-order valence-electron chi connectivity index (χ0n) is 8.56. The summed E-state index contributed by atoms with van der Waals surface area (Å²) in [4.78, 5) is 0. The molecule has 1 aliphatic rings. The zero-order valence-corrected chi connectivity index (χ0v) is 8.56. The van der Waals surface area contributed by atoms with E-state index in [1.807, 2.05) is 0 Å². The van der Waals surface area contributed by atoms with Crippen LogP contribution in [0.5, 0.6) is 0 Å². The van der Waals surface area contributed by atoms with E-state index in [0.29, 0.717) is 0 Å². The average molecular weight is 173 g/mol. The molecule has 1 aliphatic carbocycles. The minimum atomic E-state index is 0.849. The van der Waals surface area contributed by atoms with Gasteiger partial charge in [0.15, 0.2) is 0 Å². The zero-order chi connectivity index (χ0) is 9.26. The lowest BCUT2D eigenvalue weighted by Crippen LogP contribution is -1.93. The van der Waals surface area contributed by atoms with Crippen LogP contribution in [0, 0.1) is 6.07 Å². The summed E-state index contributed by atoms with van der Waals surface area (Å²) in [6, 6.07) is 8.10. The Morgan fingerprint density at radius 1 is 1.23 bits per heavy atom. The lowest BCUT2D eigenvalue weighted by Gasteiger charge is -2.07. The van der Waals surface area contributed by atoms with Crippen molar-refractivity contribution < 1.29 is 0 Å². The van der Waals surface area contributed by atoms with Crippen LogP contribution in [0.2, 0.25) is 0 Å². The molecule has 13 heavy (non-hydrogen) atoms. The molecule has 0 heteroatoms. The van der Waals surface area contributed by atoms with Crippen LogP contribution in [0.1, 0.15) is 49.3 Å². The highest BCUT2D eigenvalue weighted by molar-refractivity contribution is 5.35. The van der Waals surface area contributed by atoms with Crippen LogP contribution in [0.3, 0.4) is 0 Å². The second-order valence-electron chi connectivity index (χ2n) is 3.90. The molecule has 2 rings (SSSR count). The fourth-order valence-electron chi connectivity index (χ4n) is 1.84. The molecule has 0 atom stereocenters. The van der Waals surface area contributed by atoms with E-state index in [1.165, 1.54) is 29.5 Å². The summed E-state index contributed by atoms with van der Waals surface area (Å²) in [7, 11) is 0. The Balaban J connectivity index is 2.35. The maximum absolute atomic E-state index is 3.58. The topological polar surface area (TPSA) is 0 Å². The largest absolute Gasteiger partial charge is 0.0613 e. The third-order valence-electron chi connectivity index (χ3n) is 2.87. The SMILES string of the molecule is CCc1[c]c(C2CC2)c(CC)cc1. The molecular weight excluding hydrogens is 156 g/mol. The molecule has 1 radical (unpaired) electrons. The quantitative estimate of drug-likeness (QED) is 0.656. The summed E-state index contributed by atoms with van der Waals surface area (Å²) < 4.78 is 0. The van der Waals surface area contributed by atoms with Crippen LogP contribution in [0.4, 0.5) is 0 Å². The monoisotopic (exact) mass is 173 g/mol. The van der Waals surface area contributed by atoms with E-state index in [-0.39, 0.29) is 0 Å².